The Morgan fingerprint density at radius 3 is 2.16 bits per heavy atom. The van der Waals surface area contributed by atoms with Crippen LogP contribution >= 0.6 is 23.2 Å². The maximum Gasteiger partial charge on any atom is 0.221 e. The molecule has 0 saturated heterocycles. The van der Waals surface area contributed by atoms with Crippen molar-refractivity contribution in [1.82, 2.24) is 0 Å². The Morgan fingerprint density at radius 2 is 1.68 bits per heavy atom. The van der Waals surface area contributed by atoms with Crippen molar-refractivity contribution in [3.8, 4) is 5.75 Å². The van der Waals surface area contributed by atoms with Gasteiger partial charge in [-0.25, -0.2) is 8.42 Å². The molecule has 2 N–H and O–H groups in total. The molecule has 0 spiro atoms. The summed E-state index contributed by atoms with van der Waals surface area (Å²) in [4.78, 5) is 10.9. The van der Waals surface area contributed by atoms with Crippen molar-refractivity contribution in [3.63, 3.8) is 0 Å². The molecule has 1 amide bonds. The van der Waals surface area contributed by atoms with Gasteiger partial charge in [0.25, 0.3) is 0 Å². The van der Waals surface area contributed by atoms with Gasteiger partial charge in [-0.1, -0.05) is 37.0 Å². The number of anilines is 1. The second kappa shape index (κ2) is 7.23. The largest absolute Gasteiger partial charge is 0.508 e. The molecule has 134 valence electrons. The van der Waals surface area contributed by atoms with E-state index in [9.17, 15) is 18.3 Å². The molecule has 8 heteroatoms. The smallest absolute Gasteiger partial charge is 0.221 e. The summed E-state index contributed by atoms with van der Waals surface area (Å²) >= 11 is 12.2. The number of aromatic hydroxyl groups is 1. The standard InChI is InChI=1S/C17H17Cl2NO4S/c1-9(2)13-8-12(4-5-16(13)22)25(23,24)17-14(18)6-11(7-15(17)19)20-10(3)21/h4-9,22H,1-3H3,(H,20,21). The molecule has 0 heterocycles. The summed E-state index contributed by atoms with van der Waals surface area (Å²) < 4.78 is 25.9. The second-order valence-corrected chi connectivity index (χ2v) is 8.53. The summed E-state index contributed by atoms with van der Waals surface area (Å²) in [7, 11) is -4.01. The fraction of sp³-hybridized carbons (Fsp3) is 0.235. The zero-order valence-corrected chi connectivity index (χ0v) is 16.1. The van der Waals surface area contributed by atoms with Crippen LogP contribution in [-0.4, -0.2) is 19.4 Å². The Hall–Kier alpha value is -1.76. The molecule has 0 bridgehead atoms. The maximum absolute atomic E-state index is 13.0. The molecule has 0 aliphatic carbocycles. The summed E-state index contributed by atoms with van der Waals surface area (Å²) in [6.45, 7) is 5.00. The number of carbonyl (C=O) groups excluding carboxylic acids is 1. The first-order valence-electron chi connectivity index (χ1n) is 7.38. The number of hydrogen-bond acceptors (Lipinski definition) is 4. The summed E-state index contributed by atoms with van der Waals surface area (Å²) in [5, 5.41) is 12.2. The first-order chi connectivity index (χ1) is 11.5. The second-order valence-electron chi connectivity index (χ2n) is 5.83. The van der Waals surface area contributed by atoms with Gasteiger partial charge in [-0.05, 0) is 41.8 Å². The molecule has 0 aromatic heterocycles. The van der Waals surface area contributed by atoms with E-state index in [1.54, 1.807) is 0 Å². The molecule has 2 aromatic rings. The van der Waals surface area contributed by atoms with Crippen LogP contribution in [-0.2, 0) is 14.6 Å². The predicted octanol–water partition coefficient (Wildman–Crippen LogP) is 4.61. The van der Waals surface area contributed by atoms with Gasteiger partial charge in [0.15, 0.2) is 0 Å². The van der Waals surface area contributed by atoms with Crippen molar-refractivity contribution in [3.05, 3.63) is 45.9 Å². The van der Waals surface area contributed by atoms with Crippen molar-refractivity contribution < 1.29 is 18.3 Å². The van der Waals surface area contributed by atoms with Crippen molar-refractivity contribution in [2.24, 2.45) is 0 Å². The van der Waals surface area contributed by atoms with Crippen LogP contribution in [0.15, 0.2) is 40.1 Å². The molecule has 5 nitrogen and oxygen atoms in total. The van der Waals surface area contributed by atoms with Gasteiger partial charge in [0, 0.05) is 12.6 Å². The molecule has 2 aromatic carbocycles. The van der Waals surface area contributed by atoms with E-state index < -0.39 is 9.84 Å². The number of nitrogens with one attached hydrogen (secondary N) is 1. The van der Waals surface area contributed by atoms with Gasteiger partial charge in [0.2, 0.25) is 15.7 Å². The zero-order chi connectivity index (χ0) is 18.9. The average molecular weight is 402 g/mol. The van der Waals surface area contributed by atoms with Crippen molar-refractivity contribution in [2.45, 2.75) is 36.5 Å². The van der Waals surface area contributed by atoms with E-state index in [0.29, 0.717) is 11.3 Å². The van der Waals surface area contributed by atoms with E-state index >= 15 is 0 Å². The van der Waals surface area contributed by atoms with Gasteiger partial charge < -0.3 is 10.4 Å². The Kier molecular flexibility index (Phi) is 5.66. The normalized spacial score (nSPS) is 11.6. The Morgan fingerprint density at radius 1 is 1.12 bits per heavy atom. The third-order valence-electron chi connectivity index (χ3n) is 3.52. The molecule has 0 radical (unpaired) electrons. The number of phenols is 1. The summed E-state index contributed by atoms with van der Waals surface area (Å²) in [5.74, 6) is -0.377. The molecule has 0 aliphatic rings. The highest BCUT2D eigenvalue weighted by atomic mass is 35.5. The predicted molar refractivity (Wildman–Crippen MR) is 98.4 cm³/mol. The third-order valence-corrected chi connectivity index (χ3v) is 6.19. The molecule has 0 unspecified atom stereocenters. The van der Waals surface area contributed by atoms with Crippen LogP contribution in [0.1, 0.15) is 32.3 Å². The Balaban J connectivity index is 2.61. The van der Waals surface area contributed by atoms with Crippen LogP contribution in [0.3, 0.4) is 0 Å². The van der Waals surface area contributed by atoms with Gasteiger partial charge in [0.05, 0.1) is 14.9 Å². The van der Waals surface area contributed by atoms with E-state index in [2.05, 4.69) is 5.32 Å². The van der Waals surface area contributed by atoms with Crippen molar-refractivity contribution in [2.75, 3.05) is 5.32 Å². The lowest BCUT2D eigenvalue weighted by Gasteiger charge is -2.14. The third kappa shape index (κ3) is 4.08. The highest BCUT2D eigenvalue weighted by Gasteiger charge is 2.26. The topological polar surface area (TPSA) is 83.5 Å². The molecule has 0 aliphatic heterocycles. The van der Waals surface area contributed by atoms with Gasteiger partial charge >= 0.3 is 0 Å². The number of sulfone groups is 1. The van der Waals surface area contributed by atoms with Crippen LogP contribution in [0.2, 0.25) is 10.0 Å². The van der Waals surface area contributed by atoms with Crippen LogP contribution in [0.4, 0.5) is 5.69 Å². The highest BCUT2D eigenvalue weighted by Crippen LogP contribution is 2.38. The first kappa shape index (κ1) is 19.6. The quantitative estimate of drug-likeness (QED) is 0.782. The monoisotopic (exact) mass is 401 g/mol. The van der Waals surface area contributed by atoms with E-state index in [1.807, 2.05) is 13.8 Å². The number of rotatable bonds is 4. The number of amides is 1. The molecule has 25 heavy (non-hydrogen) atoms. The molecular formula is C17H17Cl2NO4S. The zero-order valence-electron chi connectivity index (χ0n) is 13.8. The van der Waals surface area contributed by atoms with Crippen molar-refractivity contribution in [1.29, 1.82) is 0 Å². The summed E-state index contributed by atoms with van der Waals surface area (Å²) in [6, 6.07) is 6.68. The van der Waals surface area contributed by atoms with Crippen LogP contribution < -0.4 is 5.32 Å². The first-order valence-corrected chi connectivity index (χ1v) is 9.62. The van der Waals surface area contributed by atoms with E-state index in [1.165, 1.54) is 37.3 Å². The van der Waals surface area contributed by atoms with Crippen LogP contribution in [0, 0.1) is 0 Å². The average Bonchev–Trinajstić information content (AvgIpc) is 2.45. The lowest BCUT2D eigenvalue weighted by molar-refractivity contribution is -0.114. The summed E-state index contributed by atoms with van der Waals surface area (Å²) in [6.07, 6.45) is 0. The van der Waals surface area contributed by atoms with Crippen LogP contribution in [0.25, 0.3) is 0 Å². The Bertz CT molecular complexity index is 917. The molecule has 2 rings (SSSR count). The van der Waals surface area contributed by atoms with Crippen molar-refractivity contribution >= 4 is 44.6 Å². The van der Waals surface area contributed by atoms with Gasteiger partial charge in [0.1, 0.15) is 10.6 Å². The lowest BCUT2D eigenvalue weighted by Crippen LogP contribution is -2.08. The maximum atomic E-state index is 13.0. The number of phenolic OH excluding ortho intramolecular Hbond substituents is 1. The van der Waals surface area contributed by atoms with E-state index in [-0.39, 0.29) is 37.4 Å². The fourth-order valence-corrected chi connectivity index (χ4v) is 4.86. The highest BCUT2D eigenvalue weighted by molar-refractivity contribution is 7.91. The Labute approximate surface area is 156 Å². The molecule has 0 fully saturated rings. The number of carbonyl (C=O) groups is 1. The van der Waals surface area contributed by atoms with Gasteiger partial charge in [-0.2, -0.15) is 0 Å². The van der Waals surface area contributed by atoms with Gasteiger partial charge in [-0.3, -0.25) is 4.79 Å². The molecule has 0 atom stereocenters. The molecule has 0 saturated carbocycles. The van der Waals surface area contributed by atoms with Crippen LogP contribution in [0.5, 0.6) is 5.75 Å². The van der Waals surface area contributed by atoms with Gasteiger partial charge in [-0.15, -0.1) is 0 Å². The lowest BCUT2D eigenvalue weighted by atomic mass is 10.0. The number of halogens is 2. The minimum absolute atomic E-state index is 0.0205. The minimum atomic E-state index is -4.01. The summed E-state index contributed by atoms with van der Waals surface area (Å²) in [5.41, 5.74) is 0.804. The SMILES string of the molecule is CC(=O)Nc1cc(Cl)c(S(=O)(=O)c2ccc(O)c(C(C)C)c2)c(Cl)c1. The minimum Gasteiger partial charge on any atom is -0.508 e. The van der Waals surface area contributed by atoms with E-state index in [0.717, 1.165) is 0 Å². The molecular weight excluding hydrogens is 385 g/mol. The fourth-order valence-electron chi connectivity index (χ4n) is 2.37. The van der Waals surface area contributed by atoms with E-state index in [4.69, 9.17) is 23.2 Å². The number of benzene rings is 2. The number of hydrogen-bond donors (Lipinski definition) is 2.